The fourth-order valence-electron chi connectivity index (χ4n) is 2.14. The van der Waals surface area contributed by atoms with Crippen LogP contribution in [-0.2, 0) is 12.6 Å². The summed E-state index contributed by atoms with van der Waals surface area (Å²) in [5.41, 5.74) is 1.30. The molecule has 1 aromatic heterocycles. The minimum Gasteiger partial charge on any atom is -0.265 e. The number of benzene rings is 1. The Kier molecular flexibility index (Phi) is 4.42. The molecule has 0 amide bonds. The first-order valence-corrected chi connectivity index (χ1v) is 6.53. The van der Waals surface area contributed by atoms with Crippen LogP contribution >= 0.6 is 0 Å². The van der Waals surface area contributed by atoms with Gasteiger partial charge in [-0.3, -0.25) is 4.98 Å². The first-order chi connectivity index (χ1) is 9.47. The average molecular weight is 279 g/mol. The molecular weight excluding hydrogens is 263 g/mol. The second-order valence-electron chi connectivity index (χ2n) is 4.92. The standard InChI is InChI=1S/C16H16F3N/c1-12(14-7-9-20-10-8-14)5-6-13-3-2-4-15(11-13)16(17,18)19/h2-4,7-12H,5-6H2,1H3. The van der Waals surface area contributed by atoms with E-state index in [4.69, 9.17) is 0 Å². The van der Waals surface area contributed by atoms with Crippen LogP contribution in [0.15, 0.2) is 48.8 Å². The molecule has 0 spiro atoms. The van der Waals surface area contributed by atoms with E-state index in [9.17, 15) is 13.2 Å². The van der Waals surface area contributed by atoms with E-state index in [2.05, 4.69) is 11.9 Å². The smallest absolute Gasteiger partial charge is 0.265 e. The lowest BCUT2D eigenvalue weighted by atomic mass is 9.94. The average Bonchev–Trinajstić information content (AvgIpc) is 2.45. The molecule has 0 aliphatic heterocycles. The van der Waals surface area contributed by atoms with Crippen LogP contribution in [0.2, 0.25) is 0 Å². The third-order valence-corrected chi connectivity index (χ3v) is 3.40. The van der Waals surface area contributed by atoms with E-state index < -0.39 is 11.7 Å². The molecule has 0 bridgehead atoms. The van der Waals surface area contributed by atoms with Crippen LogP contribution in [-0.4, -0.2) is 4.98 Å². The monoisotopic (exact) mass is 279 g/mol. The summed E-state index contributed by atoms with van der Waals surface area (Å²) >= 11 is 0. The molecular formula is C16H16F3N. The maximum Gasteiger partial charge on any atom is 0.416 e. The minimum atomic E-state index is -4.27. The van der Waals surface area contributed by atoms with Crippen LogP contribution in [0, 0.1) is 0 Å². The zero-order chi connectivity index (χ0) is 14.6. The van der Waals surface area contributed by atoms with Gasteiger partial charge in [0.25, 0.3) is 0 Å². The predicted molar refractivity (Wildman–Crippen MR) is 72.4 cm³/mol. The van der Waals surface area contributed by atoms with Crippen molar-refractivity contribution >= 4 is 0 Å². The van der Waals surface area contributed by atoms with Gasteiger partial charge < -0.3 is 0 Å². The number of hydrogen-bond acceptors (Lipinski definition) is 1. The van der Waals surface area contributed by atoms with E-state index in [0.717, 1.165) is 23.6 Å². The Morgan fingerprint density at radius 1 is 1.10 bits per heavy atom. The second kappa shape index (κ2) is 6.07. The molecule has 0 N–H and O–H groups in total. The summed E-state index contributed by atoms with van der Waals surface area (Å²) in [6, 6.07) is 9.44. The Hall–Kier alpha value is -1.84. The molecule has 2 aromatic rings. The highest BCUT2D eigenvalue weighted by Crippen LogP contribution is 2.30. The normalized spacial score (nSPS) is 13.2. The van der Waals surface area contributed by atoms with Crippen LogP contribution in [0.25, 0.3) is 0 Å². The van der Waals surface area contributed by atoms with Crippen LogP contribution in [0.4, 0.5) is 13.2 Å². The lowest BCUT2D eigenvalue weighted by Gasteiger charge is -2.12. The third kappa shape index (κ3) is 3.83. The summed E-state index contributed by atoms with van der Waals surface area (Å²) in [7, 11) is 0. The van der Waals surface area contributed by atoms with Gasteiger partial charge in [0, 0.05) is 12.4 Å². The zero-order valence-corrected chi connectivity index (χ0v) is 11.2. The molecule has 4 heteroatoms. The Morgan fingerprint density at radius 2 is 1.80 bits per heavy atom. The summed E-state index contributed by atoms with van der Waals surface area (Å²) in [5, 5.41) is 0. The highest BCUT2D eigenvalue weighted by atomic mass is 19.4. The van der Waals surface area contributed by atoms with Gasteiger partial charge in [-0.2, -0.15) is 13.2 Å². The lowest BCUT2D eigenvalue weighted by molar-refractivity contribution is -0.137. The van der Waals surface area contributed by atoms with Gasteiger partial charge in [-0.1, -0.05) is 25.1 Å². The van der Waals surface area contributed by atoms with Crippen LogP contribution < -0.4 is 0 Å². The van der Waals surface area contributed by atoms with E-state index in [1.54, 1.807) is 18.5 Å². The summed E-state index contributed by atoms with van der Waals surface area (Å²) in [6.07, 6.45) is 0.637. The predicted octanol–water partition coefficient (Wildman–Crippen LogP) is 4.84. The lowest BCUT2D eigenvalue weighted by Crippen LogP contribution is -2.05. The van der Waals surface area contributed by atoms with Crippen LogP contribution in [0.5, 0.6) is 0 Å². The Labute approximate surface area is 116 Å². The van der Waals surface area contributed by atoms with Crippen molar-refractivity contribution < 1.29 is 13.2 Å². The first-order valence-electron chi connectivity index (χ1n) is 6.53. The highest BCUT2D eigenvalue weighted by molar-refractivity contribution is 5.26. The van der Waals surface area contributed by atoms with Crippen molar-refractivity contribution in [2.24, 2.45) is 0 Å². The van der Waals surface area contributed by atoms with E-state index in [1.165, 1.54) is 12.1 Å². The fourth-order valence-corrected chi connectivity index (χ4v) is 2.14. The number of halogens is 3. The quantitative estimate of drug-likeness (QED) is 0.780. The van der Waals surface area contributed by atoms with E-state index in [0.29, 0.717) is 12.3 Å². The number of aromatic nitrogens is 1. The molecule has 1 unspecified atom stereocenters. The Bertz CT molecular complexity index is 549. The van der Waals surface area contributed by atoms with Gasteiger partial charge in [-0.05, 0) is 48.1 Å². The van der Waals surface area contributed by atoms with Crippen molar-refractivity contribution in [3.63, 3.8) is 0 Å². The van der Waals surface area contributed by atoms with Gasteiger partial charge in [0.05, 0.1) is 5.56 Å². The van der Waals surface area contributed by atoms with Crippen molar-refractivity contribution in [3.05, 3.63) is 65.5 Å². The number of rotatable bonds is 4. The molecule has 0 radical (unpaired) electrons. The first kappa shape index (κ1) is 14.6. The molecule has 106 valence electrons. The third-order valence-electron chi connectivity index (χ3n) is 3.40. The van der Waals surface area contributed by atoms with Gasteiger partial charge in [0.15, 0.2) is 0 Å². The van der Waals surface area contributed by atoms with Crippen LogP contribution in [0.3, 0.4) is 0 Å². The molecule has 20 heavy (non-hydrogen) atoms. The number of hydrogen-bond donors (Lipinski definition) is 0. The number of nitrogens with zero attached hydrogens (tertiary/aromatic N) is 1. The van der Waals surface area contributed by atoms with Gasteiger partial charge in [0.1, 0.15) is 0 Å². The van der Waals surface area contributed by atoms with E-state index >= 15 is 0 Å². The second-order valence-corrected chi connectivity index (χ2v) is 4.92. The highest BCUT2D eigenvalue weighted by Gasteiger charge is 2.30. The summed E-state index contributed by atoms with van der Waals surface area (Å²) < 4.78 is 37.9. The summed E-state index contributed by atoms with van der Waals surface area (Å²) in [5.74, 6) is 0.299. The molecule has 0 aliphatic carbocycles. The molecule has 2 rings (SSSR count). The molecule has 0 saturated carbocycles. The molecule has 0 saturated heterocycles. The molecule has 1 atom stereocenters. The van der Waals surface area contributed by atoms with Gasteiger partial charge in [-0.15, -0.1) is 0 Å². The van der Waals surface area contributed by atoms with Crippen molar-refractivity contribution in [2.45, 2.75) is 31.9 Å². The van der Waals surface area contributed by atoms with E-state index in [1.807, 2.05) is 12.1 Å². The topological polar surface area (TPSA) is 12.9 Å². The SMILES string of the molecule is CC(CCc1cccc(C(F)(F)F)c1)c1ccncc1. The Morgan fingerprint density at radius 3 is 2.45 bits per heavy atom. The number of pyridine rings is 1. The minimum absolute atomic E-state index is 0.299. The molecule has 1 nitrogen and oxygen atoms in total. The summed E-state index contributed by atoms with van der Waals surface area (Å²) in [6.45, 7) is 2.07. The van der Waals surface area contributed by atoms with Gasteiger partial charge in [-0.25, -0.2) is 0 Å². The summed E-state index contributed by atoms with van der Waals surface area (Å²) in [4.78, 5) is 3.96. The van der Waals surface area contributed by atoms with Crippen molar-refractivity contribution in [1.29, 1.82) is 0 Å². The molecule has 1 aromatic carbocycles. The largest absolute Gasteiger partial charge is 0.416 e. The van der Waals surface area contributed by atoms with Crippen LogP contribution in [0.1, 0.15) is 36.0 Å². The molecule has 0 aliphatic rings. The zero-order valence-electron chi connectivity index (χ0n) is 11.2. The molecule has 0 fully saturated rings. The Balaban J connectivity index is 2.01. The van der Waals surface area contributed by atoms with Crippen molar-refractivity contribution in [3.8, 4) is 0 Å². The molecule has 1 heterocycles. The number of aryl methyl sites for hydroxylation is 1. The van der Waals surface area contributed by atoms with Crippen molar-refractivity contribution in [2.75, 3.05) is 0 Å². The maximum atomic E-state index is 12.6. The van der Waals surface area contributed by atoms with Gasteiger partial charge >= 0.3 is 6.18 Å². The maximum absolute atomic E-state index is 12.6. The van der Waals surface area contributed by atoms with Crippen molar-refractivity contribution in [1.82, 2.24) is 4.98 Å². The fraction of sp³-hybridized carbons (Fsp3) is 0.312. The number of alkyl halides is 3. The van der Waals surface area contributed by atoms with E-state index in [-0.39, 0.29) is 0 Å². The van der Waals surface area contributed by atoms with Gasteiger partial charge in [0.2, 0.25) is 0 Å².